The standard InChI is InChI=1S/C10H14F4O/c1-7(15)5-8-3-2-4-9(11,6-8)10(12,13)14/h8H,2-6H2,1H3. The summed E-state index contributed by atoms with van der Waals surface area (Å²) < 4.78 is 50.7. The summed E-state index contributed by atoms with van der Waals surface area (Å²) in [5.74, 6) is -0.630. The van der Waals surface area contributed by atoms with E-state index in [2.05, 4.69) is 0 Å². The molecule has 0 radical (unpaired) electrons. The van der Waals surface area contributed by atoms with Gasteiger partial charge in [-0.2, -0.15) is 13.2 Å². The zero-order valence-electron chi connectivity index (χ0n) is 8.53. The Hall–Kier alpha value is -0.610. The van der Waals surface area contributed by atoms with E-state index in [0.717, 1.165) is 0 Å². The van der Waals surface area contributed by atoms with Gasteiger partial charge < -0.3 is 4.79 Å². The van der Waals surface area contributed by atoms with E-state index in [0.29, 0.717) is 6.42 Å². The van der Waals surface area contributed by atoms with Crippen LogP contribution in [0, 0.1) is 5.92 Å². The Morgan fingerprint density at radius 3 is 2.53 bits per heavy atom. The lowest BCUT2D eigenvalue weighted by Gasteiger charge is -2.35. The van der Waals surface area contributed by atoms with Crippen LogP contribution in [0.25, 0.3) is 0 Å². The van der Waals surface area contributed by atoms with Crippen LogP contribution in [0.15, 0.2) is 0 Å². The summed E-state index contributed by atoms with van der Waals surface area (Å²) in [6.45, 7) is 1.32. The normalized spacial score (nSPS) is 32.7. The van der Waals surface area contributed by atoms with Crippen LogP contribution in [0.4, 0.5) is 17.6 Å². The Morgan fingerprint density at radius 1 is 1.47 bits per heavy atom. The van der Waals surface area contributed by atoms with Gasteiger partial charge in [0, 0.05) is 6.42 Å². The molecule has 1 nitrogen and oxygen atoms in total. The predicted molar refractivity (Wildman–Crippen MR) is 47.2 cm³/mol. The quantitative estimate of drug-likeness (QED) is 0.659. The summed E-state index contributed by atoms with van der Waals surface area (Å²) in [4.78, 5) is 10.8. The zero-order valence-corrected chi connectivity index (χ0v) is 8.53. The molecule has 5 heteroatoms. The first-order chi connectivity index (χ1) is 6.74. The average molecular weight is 226 g/mol. The van der Waals surface area contributed by atoms with Crippen LogP contribution in [-0.4, -0.2) is 17.6 Å². The van der Waals surface area contributed by atoms with Crippen LogP contribution < -0.4 is 0 Å². The Labute approximate surface area is 85.8 Å². The van der Waals surface area contributed by atoms with Crippen LogP contribution in [0.3, 0.4) is 0 Å². The number of carbonyl (C=O) groups is 1. The Balaban J connectivity index is 2.67. The van der Waals surface area contributed by atoms with Gasteiger partial charge in [0.05, 0.1) is 0 Å². The van der Waals surface area contributed by atoms with Gasteiger partial charge in [0.15, 0.2) is 0 Å². The summed E-state index contributed by atoms with van der Waals surface area (Å²) in [7, 11) is 0. The Bertz CT molecular complexity index is 248. The van der Waals surface area contributed by atoms with Crippen molar-refractivity contribution in [3.05, 3.63) is 0 Å². The maximum absolute atomic E-state index is 13.5. The van der Waals surface area contributed by atoms with Crippen molar-refractivity contribution >= 4 is 5.78 Å². The highest BCUT2D eigenvalue weighted by atomic mass is 19.4. The molecule has 0 aromatic heterocycles. The van der Waals surface area contributed by atoms with Crippen LogP contribution in [0.5, 0.6) is 0 Å². The van der Waals surface area contributed by atoms with Gasteiger partial charge in [-0.05, 0) is 38.5 Å². The molecule has 0 bridgehead atoms. The minimum atomic E-state index is -4.80. The molecule has 2 unspecified atom stereocenters. The van der Waals surface area contributed by atoms with Gasteiger partial charge in [0.1, 0.15) is 5.78 Å². The van der Waals surface area contributed by atoms with Crippen molar-refractivity contribution in [2.24, 2.45) is 5.92 Å². The molecule has 88 valence electrons. The van der Waals surface area contributed by atoms with E-state index in [1.807, 2.05) is 0 Å². The number of rotatable bonds is 2. The SMILES string of the molecule is CC(=O)CC1CCCC(F)(C(F)(F)F)C1. The average Bonchev–Trinajstić information content (AvgIpc) is 2.00. The van der Waals surface area contributed by atoms with Crippen molar-refractivity contribution in [3.8, 4) is 0 Å². The highest BCUT2D eigenvalue weighted by Gasteiger charge is 2.57. The molecule has 0 heterocycles. The minimum Gasteiger partial charge on any atom is -0.300 e. The lowest BCUT2D eigenvalue weighted by Crippen LogP contribution is -2.45. The van der Waals surface area contributed by atoms with E-state index in [4.69, 9.17) is 0 Å². The third-order valence-electron chi connectivity index (χ3n) is 2.88. The van der Waals surface area contributed by atoms with Crippen LogP contribution in [-0.2, 0) is 4.79 Å². The number of alkyl halides is 4. The van der Waals surface area contributed by atoms with Gasteiger partial charge in [-0.3, -0.25) is 0 Å². The minimum absolute atomic E-state index is 0.0573. The maximum atomic E-state index is 13.5. The molecule has 0 aliphatic heterocycles. The number of halogens is 4. The zero-order chi connectivity index (χ0) is 11.7. The van der Waals surface area contributed by atoms with Crippen LogP contribution >= 0.6 is 0 Å². The maximum Gasteiger partial charge on any atom is 0.422 e. The molecular weight excluding hydrogens is 212 g/mol. The molecule has 0 aromatic rings. The third-order valence-corrected chi connectivity index (χ3v) is 2.88. The fourth-order valence-corrected chi connectivity index (χ4v) is 2.17. The van der Waals surface area contributed by atoms with E-state index in [9.17, 15) is 22.4 Å². The predicted octanol–water partition coefficient (Wildman–Crippen LogP) is 3.43. The smallest absolute Gasteiger partial charge is 0.300 e. The van der Waals surface area contributed by atoms with Gasteiger partial charge in [0.25, 0.3) is 0 Å². The Kier molecular flexibility index (Phi) is 3.41. The van der Waals surface area contributed by atoms with E-state index in [-0.39, 0.29) is 18.6 Å². The third kappa shape index (κ3) is 2.92. The number of hydrogen-bond donors (Lipinski definition) is 0. The van der Waals surface area contributed by atoms with Gasteiger partial charge in [-0.1, -0.05) is 0 Å². The lowest BCUT2D eigenvalue weighted by molar-refractivity contribution is -0.244. The van der Waals surface area contributed by atoms with Crippen molar-refractivity contribution in [2.75, 3.05) is 0 Å². The second-order valence-electron chi connectivity index (χ2n) is 4.33. The number of hydrogen-bond acceptors (Lipinski definition) is 1. The first-order valence-electron chi connectivity index (χ1n) is 5.00. The summed E-state index contributed by atoms with van der Waals surface area (Å²) >= 11 is 0. The van der Waals surface area contributed by atoms with Gasteiger partial charge >= 0.3 is 6.18 Å². The van der Waals surface area contributed by atoms with Crippen molar-refractivity contribution < 1.29 is 22.4 Å². The summed E-state index contributed by atoms with van der Waals surface area (Å²) in [5.41, 5.74) is -3.08. The summed E-state index contributed by atoms with van der Waals surface area (Å²) in [6, 6.07) is 0. The molecule has 1 rings (SSSR count). The first kappa shape index (κ1) is 12.5. The molecule has 1 aliphatic carbocycles. The molecule has 0 aromatic carbocycles. The fraction of sp³-hybridized carbons (Fsp3) is 0.900. The molecule has 0 N–H and O–H groups in total. The summed E-state index contributed by atoms with van der Waals surface area (Å²) in [5, 5.41) is 0. The topological polar surface area (TPSA) is 17.1 Å². The molecule has 0 spiro atoms. The first-order valence-corrected chi connectivity index (χ1v) is 5.00. The lowest BCUT2D eigenvalue weighted by atomic mass is 9.77. The monoisotopic (exact) mass is 226 g/mol. The van der Waals surface area contributed by atoms with E-state index >= 15 is 0 Å². The fourth-order valence-electron chi connectivity index (χ4n) is 2.17. The highest BCUT2D eigenvalue weighted by Crippen LogP contribution is 2.47. The molecule has 1 aliphatic rings. The van der Waals surface area contributed by atoms with Crippen molar-refractivity contribution in [1.29, 1.82) is 0 Å². The van der Waals surface area contributed by atoms with Gasteiger partial charge in [-0.15, -0.1) is 0 Å². The van der Waals surface area contributed by atoms with E-state index in [1.54, 1.807) is 0 Å². The number of carbonyl (C=O) groups excluding carboxylic acids is 1. The van der Waals surface area contributed by atoms with Crippen LogP contribution in [0.2, 0.25) is 0 Å². The Morgan fingerprint density at radius 2 is 2.07 bits per heavy atom. The summed E-state index contributed by atoms with van der Waals surface area (Å²) in [6.07, 6.45) is -5.06. The van der Waals surface area contributed by atoms with Gasteiger partial charge in [0.2, 0.25) is 5.67 Å². The van der Waals surface area contributed by atoms with Crippen molar-refractivity contribution in [2.45, 2.75) is 50.9 Å². The molecule has 15 heavy (non-hydrogen) atoms. The molecule has 1 saturated carbocycles. The molecule has 0 saturated heterocycles. The molecule has 1 fully saturated rings. The van der Waals surface area contributed by atoms with Crippen molar-refractivity contribution in [3.63, 3.8) is 0 Å². The second kappa shape index (κ2) is 4.10. The number of Topliss-reactive ketones (excluding diaryl/α,β-unsaturated/α-hetero) is 1. The number of ketones is 1. The second-order valence-corrected chi connectivity index (χ2v) is 4.33. The van der Waals surface area contributed by atoms with E-state index < -0.39 is 30.6 Å². The largest absolute Gasteiger partial charge is 0.422 e. The highest BCUT2D eigenvalue weighted by molar-refractivity contribution is 5.75. The van der Waals surface area contributed by atoms with Gasteiger partial charge in [-0.25, -0.2) is 4.39 Å². The molecule has 2 atom stereocenters. The van der Waals surface area contributed by atoms with Crippen LogP contribution in [0.1, 0.15) is 39.0 Å². The molecule has 0 amide bonds. The van der Waals surface area contributed by atoms with E-state index in [1.165, 1.54) is 6.92 Å². The molecular formula is C10H14F4O. The van der Waals surface area contributed by atoms with Crippen molar-refractivity contribution in [1.82, 2.24) is 0 Å².